The minimum absolute atomic E-state index is 0.0362. The number of amides is 1. The summed E-state index contributed by atoms with van der Waals surface area (Å²) in [4.78, 5) is 20.7. The summed E-state index contributed by atoms with van der Waals surface area (Å²) in [6.07, 6.45) is 4.40. The van der Waals surface area contributed by atoms with Crippen molar-refractivity contribution in [3.05, 3.63) is 29.8 Å². The molecule has 1 aromatic rings. The molecule has 6 nitrogen and oxygen atoms in total. The second-order valence-corrected chi connectivity index (χ2v) is 10.1. The molecule has 1 aromatic carbocycles. The molecule has 0 bridgehead atoms. The Balaban J connectivity index is 1.35. The van der Waals surface area contributed by atoms with Gasteiger partial charge in [0.15, 0.2) is 0 Å². The molecule has 0 aromatic heterocycles. The van der Waals surface area contributed by atoms with Gasteiger partial charge < -0.3 is 19.3 Å². The predicted molar refractivity (Wildman–Crippen MR) is 120 cm³/mol. The Morgan fingerprint density at radius 2 is 1.84 bits per heavy atom. The Kier molecular flexibility index (Phi) is 6.22. The van der Waals surface area contributed by atoms with Gasteiger partial charge in [0, 0.05) is 63.0 Å². The van der Waals surface area contributed by atoms with E-state index in [1.54, 1.807) is 0 Å². The van der Waals surface area contributed by atoms with E-state index >= 15 is 0 Å². The Morgan fingerprint density at radius 3 is 2.58 bits per heavy atom. The molecule has 1 amide bonds. The molecule has 4 aliphatic heterocycles. The largest absolute Gasteiger partial charge is 0.493 e. The van der Waals surface area contributed by atoms with Gasteiger partial charge in [-0.05, 0) is 51.8 Å². The first kappa shape index (κ1) is 21.2. The molecule has 0 N–H and O–H groups in total. The van der Waals surface area contributed by atoms with Crippen molar-refractivity contribution in [3.63, 3.8) is 0 Å². The number of benzene rings is 1. The molecule has 3 fully saturated rings. The maximum Gasteiger partial charge on any atom is 0.227 e. The second-order valence-electron chi connectivity index (χ2n) is 10.1. The molecule has 0 spiro atoms. The van der Waals surface area contributed by atoms with E-state index in [9.17, 15) is 4.79 Å². The molecule has 170 valence electrons. The molecule has 6 heteroatoms. The SMILES string of the molecule is CN(C)C1CCN(C(=O)[C@@H]2CN(CC3CCOCC3)[C@H]3c4ccccc4OC[C@@H]23)CC1. The third-order valence-electron chi connectivity index (χ3n) is 8.07. The zero-order chi connectivity index (χ0) is 21.4. The number of piperidine rings is 1. The maximum absolute atomic E-state index is 13.7. The van der Waals surface area contributed by atoms with Gasteiger partial charge in [-0.15, -0.1) is 0 Å². The summed E-state index contributed by atoms with van der Waals surface area (Å²) in [7, 11) is 4.30. The lowest BCUT2D eigenvalue weighted by atomic mass is 9.84. The highest BCUT2D eigenvalue weighted by molar-refractivity contribution is 5.80. The minimum atomic E-state index is 0.0362. The van der Waals surface area contributed by atoms with Crippen LogP contribution >= 0.6 is 0 Å². The van der Waals surface area contributed by atoms with Gasteiger partial charge in [-0.1, -0.05) is 18.2 Å². The van der Waals surface area contributed by atoms with E-state index in [1.807, 2.05) is 0 Å². The van der Waals surface area contributed by atoms with E-state index in [-0.39, 0.29) is 11.8 Å². The van der Waals surface area contributed by atoms with Crippen molar-refractivity contribution in [1.82, 2.24) is 14.7 Å². The number of fused-ring (bicyclic) bond motifs is 3. The van der Waals surface area contributed by atoms with E-state index in [1.165, 1.54) is 5.56 Å². The summed E-state index contributed by atoms with van der Waals surface area (Å²) < 4.78 is 11.8. The standard InChI is InChI=1S/C25H37N3O3/c1-26(2)19-7-11-27(12-8-19)25(29)21-16-28(15-18-9-13-30-14-10-18)24-20-5-3-4-6-23(20)31-17-22(21)24/h3-6,18-19,21-22,24H,7-17H2,1-2H3/t21-,22+,24+/m1/s1. The summed E-state index contributed by atoms with van der Waals surface area (Å²) in [6, 6.07) is 9.33. The van der Waals surface area contributed by atoms with Crippen LogP contribution in [0.15, 0.2) is 24.3 Å². The zero-order valence-electron chi connectivity index (χ0n) is 19.0. The van der Waals surface area contributed by atoms with E-state index in [4.69, 9.17) is 9.47 Å². The fourth-order valence-electron chi connectivity index (χ4n) is 6.22. The molecule has 0 radical (unpaired) electrons. The Labute approximate surface area is 186 Å². The quantitative estimate of drug-likeness (QED) is 0.739. The fourth-order valence-corrected chi connectivity index (χ4v) is 6.22. The molecule has 3 atom stereocenters. The van der Waals surface area contributed by atoms with E-state index in [0.717, 1.165) is 70.8 Å². The minimum Gasteiger partial charge on any atom is -0.493 e. The van der Waals surface area contributed by atoms with Crippen LogP contribution in [0.3, 0.4) is 0 Å². The molecule has 0 unspecified atom stereocenters. The van der Waals surface area contributed by atoms with Crippen LogP contribution in [0.25, 0.3) is 0 Å². The number of carbonyl (C=O) groups excluding carboxylic acids is 1. The van der Waals surface area contributed by atoms with E-state index in [2.05, 4.69) is 53.1 Å². The molecule has 4 aliphatic rings. The maximum atomic E-state index is 13.7. The fraction of sp³-hybridized carbons (Fsp3) is 0.720. The molecular weight excluding hydrogens is 390 g/mol. The van der Waals surface area contributed by atoms with E-state index < -0.39 is 0 Å². The van der Waals surface area contributed by atoms with Crippen LogP contribution in [0.5, 0.6) is 5.75 Å². The van der Waals surface area contributed by atoms with Gasteiger partial charge in [-0.25, -0.2) is 0 Å². The highest BCUT2D eigenvalue weighted by Gasteiger charge is 2.50. The van der Waals surface area contributed by atoms with Crippen molar-refractivity contribution >= 4 is 5.91 Å². The summed E-state index contributed by atoms with van der Waals surface area (Å²) >= 11 is 0. The summed E-state index contributed by atoms with van der Waals surface area (Å²) in [5, 5.41) is 0. The van der Waals surface area contributed by atoms with Gasteiger partial charge in [0.25, 0.3) is 0 Å². The number of carbonyl (C=O) groups is 1. The van der Waals surface area contributed by atoms with Crippen LogP contribution < -0.4 is 4.74 Å². The average Bonchev–Trinajstić information content (AvgIpc) is 3.18. The number of hydrogen-bond donors (Lipinski definition) is 0. The number of nitrogens with zero attached hydrogens (tertiary/aromatic N) is 3. The molecule has 4 heterocycles. The molecule has 31 heavy (non-hydrogen) atoms. The predicted octanol–water partition coefficient (Wildman–Crippen LogP) is 2.65. The van der Waals surface area contributed by atoms with Gasteiger partial charge >= 0.3 is 0 Å². The lowest BCUT2D eigenvalue weighted by Gasteiger charge is -2.38. The highest BCUT2D eigenvalue weighted by Crippen LogP contribution is 2.48. The number of hydrogen-bond acceptors (Lipinski definition) is 5. The molecule has 0 saturated carbocycles. The van der Waals surface area contributed by atoms with Crippen molar-refractivity contribution in [2.24, 2.45) is 17.8 Å². The first-order chi connectivity index (χ1) is 15.1. The third-order valence-corrected chi connectivity index (χ3v) is 8.07. The third kappa shape index (κ3) is 4.22. The number of ether oxygens (including phenoxy) is 2. The van der Waals surface area contributed by atoms with Crippen molar-refractivity contribution in [2.45, 2.75) is 37.8 Å². The molecule has 0 aliphatic carbocycles. The highest BCUT2D eigenvalue weighted by atomic mass is 16.5. The number of likely N-dealkylation sites (tertiary alicyclic amines) is 2. The summed E-state index contributed by atoms with van der Waals surface area (Å²) in [6.45, 7) is 6.07. The van der Waals surface area contributed by atoms with Crippen molar-refractivity contribution in [2.75, 3.05) is 60.1 Å². The Morgan fingerprint density at radius 1 is 1.10 bits per heavy atom. The first-order valence-electron chi connectivity index (χ1n) is 12.1. The van der Waals surface area contributed by atoms with Crippen molar-refractivity contribution < 1.29 is 14.3 Å². The van der Waals surface area contributed by atoms with Crippen molar-refractivity contribution in [1.29, 1.82) is 0 Å². The topological polar surface area (TPSA) is 45.2 Å². The van der Waals surface area contributed by atoms with Crippen LogP contribution in [0.4, 0.5) is 0 Å². The van der Waals surface area contributed by atoms with Crippen LogP contribution in [-0.2, 0) is 9.53 Å². The molecule has 3 saturated heterocycles. The lowest BCUT2D eigenvalue weighted by Crippen LogP contribution is -2.48. The summed E-state index contributed by atoms with van der Waals surface area (Å²) in [5.74, 6) is 2.29. The van der Waals surface area contributed by atoms with Crippen LogP contribution in [0, 0.1) is 17.8 Å². The van der Waals surface area contributed by atoms with Gasteiger partial charge in [0.05, 0.1) is 12.5 Å². The lowest BCUT2D eigenvalue weighted by molar-refractivity contribution is -0.138. The van der Waals surface area contributed by atoms with Gasteiger partial charge in [-0.3, -0.25) is 9.69 Å². The number of para-hydroxylation sites is 1. The number of rotatable bonds is 4. The second kappa shape index (κ2) is 9.08. The van der Waals surface area contributed by atoms with Gasteiger partial charge in [0.1, 0.15) is 5.75 Å². The normalized spacial score (nSPS) is 30.2. The van der Waals surface area contributed by atoms with Crippen molar-refractivity contribution in [3.8, 4) is 5.75 Å². The monoisotopic (exact) mass is 427 g/mol. The van der Waals surface area contributed by atoms with Gasteiger partial charge in [0.2, 0.25) is 5.91 Å². The Hall–Kier alpha value is -1.63. The van der Waals surface area contributed by atoms with Crippen LogP contribution in [0.2, 0.25) is 0 Å². The average molecular weight is 428 g/mol. The summed E-state index contributed by atoms with van der Waals surface area (Å²) in [5.41, 5.74) is 1.27. The van der Waals surface area contributed by atoms with Crippen LogP contribution in [0.1, 0.15) is 37.3 Å². The zero-order valence-corrected chi connectivity index (χ0v) is 19.0. The first-order valence-corrected chi connectivity index (χ1v) is 12.1. The van der Waals surface area contributed by atoms with Gasteiger partial charge in [-0.2, -0.15) is 0 Å². The van der Waals surface area contributed by atoms with Crippen LogP contribution in [-0.4, -0.2) is 86.7 Å². The Bertz CT molecular complexity index is 771. The molecular formula is C25H37N3O3. The smallest absolute Gasteiger partial charge is 0.227 e. The molecule has 5 rings (SSSR count). The van der Waals surface area contributed by atoms with E-state index in [0.29, 0.717) is 30.5 Å².